The first-order valence-electron chi connectivity index (χ1n) is 13.0. The Bertz CT molecular complexity index is 1320. The van der Waals surface area contributed by atoms with E-state index in [1.165, 1.54) is 23.0 Å². The van der Waals surface area contributed by atoms with E-state index in [-0.39, 0.29) is 35.0 Å². The predicted molar refractivity (Wildman–Crippen MR) is 146 cm³/mol. The van der Waals surface area contributed by atoms with Crippen molar-refractivity contribution in [3.63, 3.8) is 0 Å². The molecule has 3 aromatic heterocycles. The minimum Gasteiger partial charge on any atom is -0.356 e. The molecule has 0 fully saturated rings. The van der Waals surface area contributed by atoms with Gasteiger partial charge < -0.3 is 35.0 Å². The molecule has 39 heavy (non-hydrogen) atoms. The lowest BCUT2D eigenvalue weighted by Gasteiger charge is -2.11. The van der Waals surface area contributed by atoms with E-state index in [1.54, 1.807) is 42.7 Å². The molecule has 210 valence electrons. The highest BCUT2D eigenvalue weighted by molar-refractivity contribution is 6.06. The molecule has 0 spiro atoms. The predicted octanol–water partition coefficient (Wildman–Crippen LogP) is 2.06. The first-order valence-corrected chi connectivity index (χ1v) is 13.0. The number of aromatic nitrogens is 5. The maximum atomic E-state index is 12.9. The second-order valence-corrected chi connectivity index (χ2v) is 9.50. The number of aryl methyl sites for hydroxylation is 3. The van der Waals surface area contributed by atoms with E-state index >= 15 is 0 Å². The molecule has 13 nitrogen and oxygen atoms in total. The van der Waals surface area contributed by atoms with E-state index in [1.807, 2.05) is 6.92 Å². The van der Waals surface area contributed by atoms with Crippen LogP contribution in [-0.4, -0.2) is 60.4 Å². The molecule has 0 saturated heterocycles. The van der Waals surface area contributed by atoms with Crippen LogP contribution in [-0.2, 0) is 25.9 Å². The van der Waals surface area contributed by atoms with Gasteiger partial charge >= 0.3 is 0 Å². The summed E-state index contributed by atoms with van der Waals surface area (Å²) in [5.74, 6) is -0.649. The quantitative estimate of drug-likeness (QED) is 0.244. The topological polar surface area (TPSA) is 157 Å². The lowest BCUT2D eigenvalue weighted by atomic mass is 10.0. The molecule has 1 atom stereocenters. The second kappa shape index (κ2) is 13.4. The van der Waals surface area contributed by atoms with Crippen LogP contribution in [0.2, 0.25) is 0 Å². The van der Waals surface area contributed by atoms with Crippen molar-refractivity contribution in [2.75, 3.05) is 23.7 Å². The third-order valence-electron chi connectivity index (χ3n) is 6.22. The Balaban J connectivity index is 1.49. The highest BCUT2D eigenvalue weighted by Crippen LogP contribution is 2.16. The molecule has 0 radical (unpaired) electrons. The summed E-state index contributed by atoms with van der Waals surface area (Å²) < 4.78 is 4.68. The van der Waals surface area contributed by atoms with Crippen LogP contribution in [0.15, 0.2) is 30.9 Å². The SMILES string of the molecule is CCCCC(C)C(=O)NCCCNC(=O)c1nc(NC(=O)c2cc(NC(=O)c3nccn3C)cn2C)cn1C. The van der Waals surface area contributed by atoms with Gasteiger partial charge in [0.2, 0.25) is 11.7 Å². The van der Waals surface area contributed by atoms with Gasteiger partial charge in [0.1, 0.15) is 5.69 Å². The molecule has 0 aromatic carbocycles. The van der Waals surface area contributed by atoms with Crippen molar-refractivity contribution < 1.29 is 19.2 Å². The summed E-state index contributed by atoms with van der Waals surface area (Å²) in [6, 6.07) is 1.54. The zero-order chi connectivity index (χ0) is 28.5. The number of hydrogen-bond donors (Lipinski definition) is 4. The minimum atomic E-state index is -0.455. The van der Waals surface area contributed by atoms with Gasteiger partial charge in [-0.3, -0.25) is 19.2 Å². The summed E-state index contributed by atoms with van der Waals surface area (Å²) in [7, 11) is 5.05. The van der Waals surface area contributed by atoms with Crippen LogP contribution in [0.4, 0.5) is 11.5 Å². The molecule has 0 saturated carbocycles. The third kappa shape index (κ3) is 7.79. The van der Waals surface area contributed by atoms with E-state index in [0.29, 0.717) is 25.2 Å². The summed E-state index contributed by atoms with van der Waals surface area (Å²) in [4.78, 5) is 58.2. The molecule has 4 amide bonds. The monoisotopic (exact) mass is 539 g/mol. The summed E-state index contributed by atoms with van der Waals surface area (Å²) in [6.45, 7) is 4.85. The molecular weight excluding hydrogens is 502 g/mol. The number of unbranched alkanes of at least 4 members (excludes halogenated alkanes) is 1. The lowest BCUT2D eigenvalue weighted by Crippen LogP contribution is -2.33. The second-order valence-electron chi connectivity index (χ2n) is 9.50. The van der Waals surface area contributed by atoms with Crippen LogP contribution >= 0.6 is 0 Å². The average molecular weight is 540 g/mol. The highest BCUT2D eigenvalue weighted by Gasteiger charge is 2.19. The van der Waals surface area contributed by atoms with Gasteiger partial charge in [0.25, 0.3) is 17.7 Å². The summed E-state index contributed by atoms with van der Waals surface area (Å²) >= 11 is 0. The maximum absolute atomic E-state index is 12.9. The largest absolute Gasteiger partial charge is 0.356 e. The standard InChI is InChI=1S/C26H37N9O4/c1-6-7-9-17(2)23(36)28-10-8-11-29-25(38)22-31-20(16-35(22)5)32-24(37)19-14-18(15-34(19)4)30-26(39)21-27-12-13-33(21)3/h12-17H,6-11H2,1-5H3,(H,28,36)(H,29,38)(H,30,39)(H,32,37). The van der Waals surface area contributed by atoms with Crippen molar-refractivity contribution >= 4 is 35.1 Å². The van der Waals surface area contributed by atoms with Crippen molar-refractivity contribution in [2.24, 2.45) is 27.1 Å². The average Bonchev–Trinajstić information content (AvgIpc) is 3.59. The first kappa shape index (κ1) is 29.1. The highest BCUT2D eigenvalue weighted by atomic mass is 16.2. The number of imidazole rings is 2. The first-order chi connectivity index (χ1) is 18.6. The van der Waals surface area contributed by atoms with Crippen LogP contribution in [0.3, 0.4) is 0 Å². The van der Waals surface area contributed by atoms with Gasteiger partial charge in [-0.15, -0.1) is 0 Å². The molecule has 13 heteroatoms. The van der Waals surface area contributed by atoms with Crippen molar-refractivity contribution in [3.05, 3.63) is 48.2 Å². The number of rotatable bonds is 13. The number of amides is 4. The van der Waals surface area contributed by atoms with E-state index in [2.05, 4.69) is 38.2 Å². The van der Waals surface area contributed by atoms with Gasteiger partial charge in [-0.2, -0.15) is 0 Å². The van der Waals surface area contributed by atoms with Gasteiger partial charge in [0, 0.05) is 64.9 Å². The number of hydrogen-bond acceptors (Lipinski definition) is 6. The number of nitrogens with one attached hydrogen (secondary N) is 4. The van der Waals surface area contributed by atoms with E-state index < -0.39 is 17.7 Å². The number of nitrogens with zero attached hydrogens (tertiary/aromatic N) is 5. The molecule has 4 N–H and O–H groups in total. The Hall–Kier alpha value is -4.42. The summed E-state index contributed by atoms with van der Waals surface area (Å²) in [5, 5.41) is 11.1. The molecule has 3 heterocycles. The molecule has 3 rings (SSSR count). The Morgan fingerprint density at radius 1 is 0.872 bits per heavy atom. The molecule has 0 aliphatic rings. The smallest absolute Gasteiger partial charge is 0.291 e. The summed E-state index contributed by atoms with van der Waals surface area (Å²) in [5.41, 5.74) is 0.719. The Kier molecular flexibility index (Phi) is 10.0. The fourth-order valence-corrected chi connectivity index (χ4v) is 3.94. The van der Waals surface area contributed by atoms with Crippen LogP contribution in [0.25, 0.3) is 0 Å². The van der Waals surface area contributed by atoms with Crippen LogP contribution < -0.4 is 21.3 Å². The Morgan fingerprint density at radius 2 is 1.62 bits per heavy atom. The Labute approximate surface area is 227 Å². The zero-order valence-electron chi connectivity index (χ0n) is 23.1. The van der Waals surface area contributed by atoms with Crippen molar-refractivity contribution in [1.29, 1.82) is 0 Å². The number of carbonyl (C=O) groups is 4. The van der Waals surface area contributed by atoms with Crippen molar-refractivity contribution in [1.82, 2.24) is 34.3 Å². The fraction of sp³-hybridized carbons (Fsp3) is 0.462. The third-order valence-corrected chi connectivity index (χ3v) is 6.22. The van der Waals surface area contributed by atoms with E-state index in [0.717, 1.165) is 19.3 Å². The van der Waals surface area contributed by atoms with E-state index in [9.17, 15) is 19.2 Å². The van der Waals surface area contributed by atoms with Crippen LogP contribution in [0, 0.1) is 5.92 Å². The maximum Gasteiger partial charge on any atom is 0.291 e. The van der Waals surface area contributed by atoms with Gasteiger partial charge in [-0.1, -0.05) is 26.7 Å². The molecule has 0 aliphatic carbocycles. The summed E-state index contributed by atoms with van der Waals surface area (Å²) in [6.07, 6.45) is 9.87. The van der Waals surface area contributed by atoms with Crippen LogP contribution in [0.5, 0.6) is 0 Å². The van der Waals surface area contributed by atoms with Crippen molar-refractivity contribution in [3.8, 4) is 0 Å². The minimum absolute atomic E-state index is 0.0203. The normalized spacial score (nSPS) is 11.6. The fourth-order valence-electron chi connectivity index (χ4n) is 3.94. The molecule has 0 aliphatic heterocycles. The zero-order valence-corrected chi connectivity index (χ0v) is 23.1. The molecular formula is C26H37N9O4. The number of anilines is 2. The van der Waals surface area contributed by atoms with Gasteiger partial charge in [0.05, 0.1) is 5.69 Å². The lowest BCUT2D eigenvalue weighted by molar-refractivity contribution is -0.124. The van der Waals surface area contributed by atoms with Gasteiger partial charge in [-0.05, 0) is 18.9 Å². The Morgan fingerprint density at radius 3 is 2.31 bits per heavy atom. The molecule has 3 aromatic rings. The van der Waals surface area contributed by atoms with Gasteiger partial charge in [-0.25, -0.2) is 9.97 Å². The van der Waals surface area contributed by atoms with Gasteiger partial charge in [0.15, 0.2) is 11.6 Å². The number of carbonyl (C=O) groups excluding carboxylic acids is 4. The van der Waals surface area contributed by atoms with E-state index in [4.69, 9.17) is 0 Å². The molecule has 0 bridgehead atoms. The van der Waals surface area contributed by atoms with Crippen molar-refractivity contribution in [2.45, 2.75) is 39.5 Å². The molecule has 1 unspecified atom stereocenters. The van der Waals surface area contributed by atoms with Crippen LogP contribution in [0.1, 0.15) is 71.3 Å².